The molecule has 1 unspecified atom stereocenters. The number of carbonyl (C=O) groups is 1. The van der Waals surface area contributed by atoms with Crippen molar-refractivity contribution >= 4 is 11.6 Å². The molecule has 0 saturated carbocycles. The summed E-state index contributed by atoms with van der Waals surface area (Å²) in [5.41, 5.74) is 3.82. The van der Waals surface area contributed by atoms with Crippen molar-refractivity contribution in [1.29, 1.82) is 0 Å². The molecule has 1 atom stereocenters. The van der Waals surface area contributed by atoms with Crippen molar-refractivity contribution in [2.24, 2.45) is 5.84 Å². The van der Waals surface area contributed by atoms with E-state index in [1.54, 1.807) is 20.8 Å². The molecular formula is C14H17FN4O2. The lowest BCUT2D eigenvalue weighted by molar-refractivity contribution is 0.0940. The number of anilines is 1. The number of hydrogen-bond acceptors (Lipinski definition) is 5. The Morgan fingerprint density at radius 3 is 2.71 bits per heavy atom. The van der Waals surface area contributed by atoms with Crippen molar-refractivity contribution in [3.63, 3.8) is 0 Å². The molecular weight excluding hydrogens is 275 g/mol. The van der Waals surface area contributed by atoms with Crippen molar-refractivity contribution in [2.45, 2.75) is 26.8 Å². The molecule has 1 aromatic heterocycles. The van der Waals surface area contributed by atoms with Crippen molar-refractivity contribution in [3.05, 3.63) is 46.6 Å². The van der Waals surface area contributed by atoms with E-state index < -0.39 is 11.7 Å². The van der Waals surface area contributed by atoms with Crippen LogP contribution in [0, 0.1) is 19.7 Å². The molecule has 0 radical (unpaired) electrons. The molecule has 4 N–H and O–H groups in total. The molecule has 0 spiro atoms. The van der Waals surface area contributed by atoms with E-state index in [1.165, 1.54) is 18.2 Å². The smallest absolute Gasteiger partial charge is 0.254 e. The zero-order chi connectivity index (χ0) is 15.6. The fraction of sp³-hybridized carbons (Fsp3) is 0.286. The van der Waals surface area contributed by atoms with Gasteiger partial charge in [-0.3, -0.25) is 10.6 Å². The van der Waals surface area contributed by atoms with Crippen LogP contribution in [0.1, 0.15) is 40.3 Å². The summed E-state index contributed by atoms with van der Waals surface area (Å²) in [5, 5.41) is 6.63. The number of nitrogens with two attached hydrogens (primary N) is 1. The van der Waals surface area contributed by atoms with E-state index in [4.69, 9.17) is 10.4 Å². The Bertz CT molecular complexity index is 649. The van der Waals surface area contributed by atoms with E-state index in [0.29, 0.717) is 11.5 Å². The Morgan fingerprint density at radius 2 is 2.14 bits per heavy atom. The Labute approximate surface area is 121 Å². The predicted octanol–water partition coefficient (Wildman–Crippen LogP) is 2.21. The zero-order valence-electron chi connectivity index (χ0n) is 12.0. The SMILES string of the molecule is Cc1noc(C)c1C(C)NC(=O)c1cccc(F)c1NN. The zero-order valence-corrected chi connectivity index (χ0v) is 12.0. The maximum atomic E-state index is 13.6. The van der Waals surface area contributed by atoms with Crippen LogP contribution in [0.25, 0.3) is 0 Å². The molecule has 112 valence electrons. The number of nitrogens with one attached hydrogen (secondary N) is 2. The maximum absolute atomic E-state index is 13.6. The third kappa shape index (κ3) is 2.87. The van der Waals surface area contributed by atoms with E-state index in [1.807, 2.05) is 0 Å². The number of benzene rings is 1. The van der Waals surface area contributed by atoms with Gasteiger partial charge in [0, 0.05) is 5.56 Å². The van der Waals surface area contributed by atoms with Crippen LogP contribution in [0.3, 0.4) is 0 Å². The monoisotopic (exact) mass is 292 g/mol. The fourth-order valence-corrected chi connectivity index (χ4v) is 2.31. The average Bonchev–Trinajstić information content (AvgIpc) is 2.77. The van der Waals surface area contributed by atoms with Crippen molar-refractivity contribution in [1.82, 2.24) is 10.5 Å². The number of aromatic nitrogens is 1. The molecule has 0 fully saturated rings. The summed E-state index contributed by atoms with van der Waals surface area (Å²) in [6, 6.07) is 3.85. The molecule has 0 saturated heterocycles. The molecule has 0 aliphatic rings. The molecule has 6 nitrogen and oxygen atoms in total. The van der Waals surface area contributed by atoms with Crippen LogP contribution in [0.2, 0.25) is 0 Å². The standard InChI is InChI=1S/C14H17FN4O2/c1-7(12-8(2)19-21-9(12)3)17-14(20)10-5-4-6-11(15)13(10)18-16/h4-7,18H,16H2,1-3H3,(H,17,20). The Kier molecular flexibility index (Phi) is 4.23. The molecule has 1 aromatic carbocycles. The van der Waals surface area contributed by atoms with E-state index >= 15 is 0 Å². The first-order valence-corrected chi connectivity index (χ1v) is 6.44. The summed E-state index contributed by atoms with van der Waals surface area (Å²) in [6.45, 7) is 5.37. The van der Waals surface area contributed by atoms with Gasteiger partial charge in [0.2, 0.25) is 0 Å². The van der Waals surface area contributed by atoms with Crippen molar-refractivity contribution in [2.75, 3.05) is 5.43 Å². The largest absolute Gasteiger partial charge is 0.361 e. The highest BCUT2D eigenvalue weighted by Crippen LogP contribution is 2.23. The molecule has 0 aliphatic carbocycles. The molecule has 1 amide bonds. The van der Waals surface area contributed by atoms with Gasteiger partial charge in [-0.1, -0.05) is 11.2 Å². The first-order chi connectivity index (χ1) is 9.95. The van der Waals surface area contributed by atoms with Crippen LogP contribution in [-0.2, 0) is 0 Å². The fourth-order valence-electron chi connectivity index (χ4n) is 2.31. The third-order valence-electron chi connectivity index (χ3n) is 3.27. The van der Waals surface area contributed by atoms with Crippen LogP contribution in [0.5, 0.6) is 0 Å². The highest BCUT2D eigenvalue weighted by molar-refractivity contribution is 5.99. The molecule has 21 heavy (non-hydrogen) atoms. The van der Waals surface area contributed by atoms with Crippen LogP contribution in [0.15, 0.2) is 22.7 Å². The molecule has 7 heteroatoms. The number of halogens is 1. The Morgan fingerprint density at radius 1 is 1.43 bits per heavy atom. The number of nitrogen functional groups attached to an aromatic ring is 1. The normalized spacial score (nSPS) is 12.0. The van der Waals surface area contributed by atoms with E-state index in [0.717, 1.165) is 5.56 Å². The van der Waals surface area contributed by atoms with Gasteiger partial charge in [-0.2, -0.15) is 0 Å². The van der Waals surface area contributed by atoms with Crippen LogP contribution in [-0.4, -0.2) is 11.1 Å². The summed E-state index contributed by atoms with van der Waals surface area (Å²) in [4.78, 5) is 12.3. The van der Waals surface area contributed by atoms with Gasteiger partial charge < -0.3 is 15.3 Å². The average molecular weight is 292 g/mol. The van der Waals surface area contributed by atoms with E-state index in [2.05, 4.69) is 15.9 Å². The molecule has 2 aromatic rings. The van der Waals surface area contributed by atoms with Gasteiger partial charge in [-0.15, -0.1) is 0 Å². The molecule has 1 heterocycles. The van der Waals surface area contributed by atoms with Gasteiger partial charge in [0.1, 0.15) is 11.6 Å². The lowest BCUT2D eigenvalue weighted by atomic mass is 10.1. The number of aryl methyl sites for hydroxylation is 2. The lowest BCUT2D eigenvalue weighted by Crippen LogP contribution is -2.28. The van der Waals surface area contributed by atoms with Gasteiger partial charge in [-0.25, -0.2) is 4.39 Å². The number of para-hydroxylation sites is 1. The number of amides is 1. The second-order valence-electron chi connectivity index (χ2n) is 4.74. The predicted molar refractivity (Wildman–Crippen MR) is 76.1 cm³/mol. The van der Waals surface area contributed by atoms with Gasteiger partial charge in [0.15, 0.2) is 0 Å². The van der Waals surface area contributed by atoms with Crippen LogP contribution >= 0.6 is 0 Å². The van der Waals surface area contributed by atoms with E-state index in [9.17, 15) is 9.18 Å². The van der Waals surface area contributed by atoms with Crippen molar-refractivity contribution in [3.8, 4) is 0 Å². The number of hydrogen-bond donors (Lipinski definition) is 3. The minimum atomic E-state index is -0.588. The number of nitrogens with zero attached hydrogens (tertiary/aromatic N) is 1. The first-order valence-electron chi connectivity index (χ1n) is 6.44. The quantitative estimate of drug-likeness (QED) is 0.593. The topological polar surface area (TPSA) is 93.2 Å². The highest BCUT2D eigenvalue weighted by atomic mass is 19.1. The lowest BCUT2D eigenvalue weighted by Gasteiger charge is -2.15. The number of hydrazine groups is 1. The number of rotatable bonds is 4. The van der Waals surface area contributed by atoms with Crippen LogP contribution in [0.4, 0.5) is 10.1 Å². The van der Waals surface area contributed by atoms with Crippen LogP contribution < -0.4 is 16.6 Å². The second kappa shape index (κ2) is 5.92. The van der Waals surface area contributed by atoms with Gasteiger partial charge in [0.05, 0.1) is 23.0 Å². The second-order valence-corrected chi connectivity index (χ2v) is 4.74. The van der Waals surface area contributed by atoms with Gasteiger partial charge >= 0.3 is 0 Å². The first kappa shape index (κ1) is 15.0. The third-order valence-corrected chi connectivity index (χ3v) is 3.27. The molecule has 0 aliphatic heterocycles. The maximum Gasteiger partial charge on any atom is 0.254 e. The minimum absolute atomic E-state index is 0.0408. The minimum Gasteiger partial charge on any atom is -0.361 e. The highest BCUT2D eigenvalue weighted by Gasteiger charge is 2.21. The summed E-state index contributed by atoms with van der Waals surface area (Å²) in [6.07, 6.45) is 0. The molecule has 0 bridgehead atoms. The summed E-state index contributed by atoms with van der Waals surface area (Å²) < 4.78 is 18.7. The Balaban J connectivity index is 2.25. The summed E-state index contributed by atoms with van der Waals surface area (Å²) in [5.74, 6) is 4.88. The van der Waals surface area contributed by atoms with Gasteiger partial charge in [0.25, 0.3) is 5.91 Å². The Hall–Kier alpha value is -2.41. The molecule has 2 rings (SSSR count). The van der Waals surface area contributed by atoms with Crippen molar-refractivity contribution < 1.29 is 13.7 Å². The van der Waals surface area contributed by atoms with Gasteiger partial charge in [-0.05, 0) is 32.9 Å². The summed E-state index contributed by atoms with van der Waals surface area (Å²) >= 11 is 0. The number of carbonyl (C=O) groups excluding carboxylic acids is 1. The summed E-state index contributed by atoms with van der Waals surface area (Å²) in [7, 11) is 0. The van der Waals surface area contributed by atoms with E-state index in [-0.39, 0.29) is 17.3 Å².